The highest BCUT2D eigenvalue weighted by molar-refractivity contribution is 5.96. The summed E-state index contributed by atoms with van der Waals surface area (Å²) >= 11 is 0. The van der Waals surface area contributed by atoms with Gasteiger partial charge in [0.2, 0.25) is 0 Å². The summed E-state index contributed by atoms with van der Waals surface area (Å²) < 4.78 is 0. The fourth-order valence-electron chi connectivity index (χ4n) is 4.17. The van der Waals surface area contributed by atoms with Gasteiger partial charge in [-0.1, -0.05) is 19.3 Å². The van der Waals surface area contributed by atoms with Gasteiger partial charge < -0.3 is 10.3 Å². The second-order valence-corrected chi connectivity index (χ2v) is 7.15. The highest BCUT2D eigenvalue weighted by atomic mass is 16.2. The second-order valence-electron chi connectivity index (χ2n) is 7.15. The minimum atomic E-state index is 0.154. The first-order valence-electron chi connectivity index (χ1n) is 9.15. The number of nitrogens with zero attached hydrogens (tertiary/aromatic N) is 3. The van der Waals surface area contributed by atoms with E-state index in [2.05, 4.69) is 15.9 Å². The molecule has 3 aliphatic rings. The second kappa shape index (κ2) is 6.61. The summed E-state index contributed by atoms with van der Waals surface area (Å²) in [6.45, 7) is 3.73. The van der Waals surface area contributed by atoms with E-state index in [1.807, 2.05) is 35.2 Å². The molecule has 24 heavy (non-hydrogen) atoms. The topological polar surface area (TPSA) is 50.9 Å². The Bertz CT molecular complexity index is 605. The summed E-state index contributed by atoms with van der Waals surface area (Å²) in [4.78, 5) is 17.5. The van der Waals surface area contributed by atoms with Gasteiger partial charge in [-0.25, -0.2) is 0 Å². The van der Waals surface area contributed by atoms with E-state index in [0.29, 0.717) is 0 Å². The summed E-state index contributed by atoms with van der Waals surface area (Å²) in [5.74, 6) is 0.154. The fourth-order valence-corrected chi connectivity index (χ4v) is 4.17. The number of carbonyl (C=O) groups is 1. The van der Waals surface area contributed by atoms with Gasteiger partial charge in [-0.15, -0.1) is 5.53 Å². The zero-order chi connectivity index (χ0) is 16.5. The number of carbonyl (C=O) groups excluding carboxylic acids is 1. The Morgan fingerprint density at radius 2 is 1.83 bits per heavy atom. The van der Waals surface area contributed by atoms with Crippen LogP contribution in [-0.4, -0.2) is 55.0 Å². The Balaban J connectivity index is 1.39. The van der Waals surface area contributed by atoms with Crippen molar-refractivity contribution in [1.29, 1.82) is 0 Å². The van der Waals surface area contributed by atoms with Gasteiger partial charge in [-0.2, -0.15) is 0 Å². The molecule has 6 heteroatoms. The monoisotopic (exact) mass is 329 g/mol. The fraction of sp³-hybridized carbons (Fsp3) is 0.611. The molecule has 0 aromatic heterocycles. The number of fused-ring (bicyclic) bond motifs is 1. The normalized spacial score (nSPS) is 22.4. The summed E-state index contributed by atoms with van der Waals surface area (Å²) in [5, 5.41) is 1.90. The van der Waals surface area contributed by atoms with E-state index in [9.17, 15) is 4.79 Å². The molecule has 1 saturated carbocycles. The van der Waals surface area contributed by atoms with Crippen molar-refractivity contribution in [3.63, 3.8) is 0 Å². The van der Waals surface area contributed by atoms with Gasteiger partial charge in [-0.05, 0) is 31.0 Å². The first-order valence-corrected chi connectivity index (χ1v) is 9.15. The van der Waals surface area contributed by atoms with Crippen molar-refractivity contribution in [3.05, 3.63) is 23.8 Å². The number of piperazine rings is 1. The summed E-state index contributed by atoms with van der Waals surface area (Å²) in [5.41, 5.74) is 8.91. The Kier molecular flexibility index (Phi) is 4.33. The Morgan fingerprint density at radius 3 is 2.58 bits per heavy atom. The van der Waals surface area contributed by atoms with E-state index in [1.54, 1.807) is 0 Å². The van der Waals surface area contributed by atoms with Gasteiger partial charge in [-0.3, -0.25) is 14.7 Å². The Labute approximate surface area is 143 Å². The molecule has 6 nitrogen and oxygen atoms in total. The van der Waals surface area contributed by atoms with Crippen LogP contribution in [-0.2, 0) is 0 Å². The van der Waals surface area contributed by atoms with Crippen LogP contribution >= 0.6 is 0 Å². The number of benzene rings is 1. The van der Waals surface area contributed by atoms with Crippen molar-refractivity contribution in [1.82, 2.24) is 15.3 Å². The number of nitrogens with one attached hydrogen (secondary N) is 2. The summed E-state index contributed by atoms with van der Waals surface area (Å²) in [6, 6.07) is 6.61. The number of amides is 1. The van der Waals surface area contributed by atoms with Crippen molar-refractivity contribution in [3.8, 4) is 0 Å². The molecule has 1 amide bonds. The van der Waals surface area contributed by atoms with Gasteiger partial charge in [0.1, 0.15) is 0 Å². The van der Waals surface area contributed by atoms with E-state index < -0.39 is 0 Å². The SMILES string of the molecule is CN1NNc2ccc(C(=O)N3CCN(C4CCCCC4)CC3)cc21. The minimum Gasteiger partial charge on any atom is -0.336 e. The first-order chi connectivity index (χ1) is 11.7. The molecule has 0 atom stereocenters. The van der Waals surface area contributed by atoms with Gasteiger partial charge in [0.15, 0.2) is 0 Å². The third-order valence-corrected chi connectivity index (χ3v) is 5.66. The smallest absolute Gasteiger partial charge is 0.254 e. The molecule has 1 saturated heterocycles. The van der Waals surface area contributed by atoms with Crippen LogP contribution in [0.2, 0.25) is 0 Å². The lowest BCUT2D eigenvalue weighted by Crippen LogP contribution is -2.52. The summed E-state index contributed by atoms with van der Waals surface area (Å²) in [7, 11) is 1.94. The lowest BCUT2D eigenvalue weighted by molar-refractivity contribution is 0.0523. The highest BCUT2D eigenvalue weighted by Crippen LogP contribution is 2.29. The molecular weight excluding hydrogens is 302 g/mol. The lowest BCUT2D eigenvalue weighted by Gasteiger charge is -2.40. The van der Waals surface area contributed by atoms with Crippen LogP contribution in [0.3, 0.4) is 0 Å². The van der Waals surface area contributed by atoms with E-state index in [1.165, 1.54) is 32.1 Å². The molecule has 1 aliphatic carbocycles. The van der Waals surface area contributed by atoms with Crippen LogP contribution in [0.5, 0.6) is 0 Å². The highest BCUT2D eigenvalue weighted by Gasteiger charge is 2.28. The van der Waals surface area contributed by atoms with Gasteiger partial charge in [0, 0.05) is 44.8 Å². The molecule has 4 rings (SSSR count). The number of hydrogen-bond donors (Lipinski definition) is 2. The maximum atomic E-state index is 12.8. The first kappa shape index (κ1) is 15.7. The molecule has 2 fully saturated rings. The zero-order valence-corrected chi connectivity index (χ0v) is 14.4. The molecule has 130 valence electrons. The third kappa shape index (κ3) is 2.96. The molecule has 0 unspecified atom stereocenters. The predicted octanol–water partition coefficient (Wildman–Crippen LogP) is 2.06. The standard InChI is InChI=1S/C18H27N5O/c1-21-17-13-14(7-8-16(17)19-20-21)18(24)23-11-9-22(10-12-23)15-5-3-2-4-6-15/h7-8,13,15,19-20H,2-6,9-12H2,1H3. The van der Waals surface area contributed by atoms with Crippen molar-refractivity contribution in [2.24, 2.45) is 0 Å². The van der Waals surface area contributed by atoms with Crippen molar-refractivity contribution in [2.75, 3.05) is 43.7 Å². The van der Waals surface area contributed by atoms with Crippen LogP contribution < -0.4 is 16.0 Å². The molecule has 2 heterocycles. The molecule has 0 spiro atoms. The van der Waals surface area contributed by atoms with Crippen LogP contribution in [0, 0.1) is 0 Å². The van der Waals surface area contributed by atoms with Gasteiger partial charge >= 0.3 is 0 Å². The minimum absolute atomic E-state index is 0.154. The number of hydrazine groups is 2. The van der Waals surface area contributed by atoms with Gasteiger partial charge in [0.25, 0.3) is 5.91 Å². The maximum absolute atomic E-state index is 12.8. The lowest BCUT2D eigenvalue weighted by atomic mass is 9.94. The van der Waals surface area contributed by atoms with E-state index in [4.69, 9.17) is 0 Å². The average Bonchev–Trinajstić information content (AvgIpc) is 3.02. The predicted molar refractivity (Wildman–Crippen MR) is 96.0 cm³/mol. The molecule has 2 aliphatic heterocycles. The quantitative estimate of drug-likeness (QED) is 0.870. The molecule has 0 bridgehead atoms. The van der Waals surface area contributed by atoms with Crippen molar-refractivity contribution in [2.45, 2.75) is 38.1 Å². The Hall–Kier alpha value is -1.79. The largest absolute Gasteiger partial charge is 0.336 e. The zero-order valence-electron chi connectivity index (χ0n) is 14.4. The molecule has 2 N–H and O–H groups in total. The van der Waals surface area contributed by atoms with Crippen LogP contribution in [0.15, 0.2) is 18.2 Å². The van der Waals surface area contributed by atoms with E-state index in [0.717, 1.165) is 49.2 Å². The average molecular weight is 329 g/mol. The van der Waals surface area contributed by atoms with E-state index >= 15 is 0 Å². The number of rotatable bonds is 2. The molecule has 1 aromatic carbocycles. The number of hydrogen-bond acceptors (Lipinski definition) is 5. The van der Waals surface area contributed by atoms with Crippen molar-refractivity contribution < 1.29 is 4.79 Å². The van der Waals surface area contributed by atoms with Crippen molar-refractivity contribution >= 4 is 17.3 Å². The Morgan fingerprint density at radius 1 is 1.08 bits per heavy atom. The maximum Gasteiger partial charge on any atom is 0.254 e. The summed E-state index contributed by atoms with van der Waals surface area (Å²) in [6.07, 6.45) is 6.81. The van der Waals surface area contributed by atoms with Crippen LogP contribution in [0.1, 0.15) is 42.5 Å². The van der Waals surface area contributed by atoms with E-state index in [-0.39, 0.29) is 5.91 Å². The van der Waals surface area contributed by atoms with Crippen LogP contribution in [0.25, 0.3) is 0 Å². The molecular formula is C18H27N5O. The molecule has 0 radical (unpaired) electrons. The molecule has 1 aromatic rings. The number of anilines is 2. The van der Waals surface area contributed by atoms with Crippen LogP contribution in [0.4, 0.5) is 11.4 Å². The third-order valence-electron chi connectivity index (χ3n) is 5.66. The van der Waals surface area contributed by atoms with Gasteiger partial charge in [0.05, 0.1) is 11.4 Å².